The van der Waals surface area contributed by atoms with Crippen LogP contribution < -0.4 is 15.0 Å². The van der Waals surface area contributed by atoms with E-state index >= 15 is 0 Å². The van der Waals surface area contributed by atoms with Gasteiger partial charge in [-0.1, -0.05) is 115 Å². The highest BCUT2D eigenvalue weighted by Crippen LogP contribution is 2.36. The van der Waals surface area contributed by atoms with Crippen LogP contribution in [0.2, 0.25) is 0 Å². The Morgan fingerprint density at radius 1 is 0.792 bits per heavy atom. The van der Waals surface area contributed by atoms with Crippen LogP contribution in [-0.2, 0) is 26.2 Å². The zero-order valence-electron chi connectivity index (χ0n) is 30.2. The van der Waals surface area contributed by atoms with Gasteiger partial charge < -0.3 is 29.9 Å². The number of anilines is 1. The molecule has 9 nitrogen and oxygen atoms in total. The van der Waals surface area contributed by atoms with Crippen molar-refractivity contribution in [3.05, 3.63) is 144 Å². The first kappa shape index (κ1) is 35.7. The quantitative estimate of drug-likeness (QED) is 0.207. The van der Waals surface area contributed by atoms with E-state index in [1.165, 1.54) is 4.90 Å². The molecule has 2 aliphatic rings. The molecule has 5 aromatic carbocycles. The molecule has 3 amide bonds. The second-order valence-corrected chi connectivity index (χ2v) is 14.2. The number of piperazine rings is 1. The lowest BCUT2D eigenvalue weighted by Gasteiger charge is -2.38. The topological polar surface area (TPSA) is 102 Å². The van der Waals surface area contributed by atoms with E-state index in [1.54, 1.807) is 7.11 Å². The van der Waals surface area contributed by atoms with E-state index < -0.39 is 29.5 Å². The lowest BCUT2D eigenvalue weighted by molar-refractivity contribution is -0.143. The zero-order chi connectivity index (χ0) is 37.0. The summed E-state index contributed by atoms with van der Waals surface area (Å²) < 4.78 is 5.59. The molecule has 0 aromatic heterocycles. The summed E-state index contributed by atoms with van der Waals surface area (Å²) in [5.74, 6) is -0.134. The number of carbonyl (C=O) groups is 3. The van der Waals surface area contributed by atoms with Crippen molar-refractivity contribution in [2.24, 2.45) is 0 Å². The molecule has 9 heteroatoms. The van der Waals surface area contributed by atoms with Crippen molar-refractivity contribution in [3.8, 4) is 5.75 Å². The van der Waals surface area contributed by atoms with Gasteiger partial charge >= 0.3 is 0 Å². The second kappa shape index (κ2) is 15.5. The number of likely N-dealkylation sites (tertiary alicyclic amines) is 1. The number of aliphatic hydroxyl groups is 1. The number of ether oxygens (including phenoxy) is 1. The Balaban J connectivity index is 1.15. The van der Waals surface area contributed by atoms with Crippen LogP contribution in [0, 0.1) is 0 Å². The molecule has 2 heterocycles. The maximum atomic E-state index is 14.8. The first-order valence-electron chi connectivity index (χ1n) is 18.3. The van der Waals surface area contributed by atoms with Crippen molar-refractivity contribution >= 4 is 34.2 Å². The number of rotatable bonds is 10. The van der Waals surface area contributed by atoms with Crippen molar-refractivity contribution in [2.45, 2.75) is 43.4 Å². The maximum Gasteiger partial charge on any atom is 0.245 e. The summed E-state index contributed by atoms with van der Waals surface area (Å²) in [4.78, 5) is 49.1. The van der Waals surface area contributed by atoms with Crippen LogP contribution >= 0.6 is 0 Å². The SMILES string of the molecule is COc1ccccc1N1CCN(C(=O)C(Cc2ccc3ccccc3c2)NC(=O)C2C[C@@H](O)CN2C(=O)C(C)(c2ccccc2)c2ccccc2)CC1. The van der Waals surface area contributed by atoms with Crippen molar-refractivity contribution in [1.29, 1.82) is 0 Å². The van der Waals surface area contributed by atoms with Crippen LogP contribution in [0.5, 0.6) is 5.75 Å². The largest absolute Gasteiger partial charge is 0.495 e. The molecule has 2 fully saturated rings. The van der Waals surface area contributed by atoms with E-state index in [9.17, 15) is 19.5 Å². The van der Waals surface area contributed by atoms with Gasteiger partial charge in [-0.25, -0.2) is 0 Å². The van der Waals surface area contributed by atoms with Gasteiger partial charge in [0.25, 0.3) is 0 Å². The minimum Gasteiger partial charge on any atom is -0.495 e. The number of fused-ring (bicyclic) bond motifs is 1. The number of nitrogens with zero attached hydrogens (tertiary/aromatic N) is 3. The van der Waals surface area contributed by atoms with Crippen molar-refractivity contribution in [3.63, 3.8) is 0 Å². The summed E-state index contributed by atoms with van der Waals surface area (Å²) in [5.41, 5.74) is 2.34. The van der Waals surface area contributed by atoms with Gasteiger partial charge in [0.1, 0.15) is 17.8 Å². The maximum absolute atomic E-state index is 14.8. The molecule has 2 aliphatic heterocycles. The van der Waals surface area contributed by atoms with Gasteiger partial charge in [-0.15, -0.1) is 0 Å². The summed E-state index contributed by atoms with van der Waals surface area (Å²) in [5, 5.41) is 16.2. The number of hydrogen-bond acceptors (Lipinski definition) is 6. The first-order chi connectivity index (χ1) is 25.8. The second-order valence-electron chi connectivity index (χ2n) is 14.2. The number of benzene rings is 5. The molecular weight excluding hydrogens is 665 g/mol. The molecule has 2 N–H and O–H groups in total. The fourth-order valence-electron chi connectivity index (χ4n) is 7.88. The first-order valence-corrected chi connectivity index (χ1v) is 18.3. The summed E-state index contributed by atoms with van der Waals surface area (Å²) in [6.45, 7) is 4.05. The Morgan fingerprint density at radius 3 is 2.06 bits per heavy atom. The van der Waals surface area contributed by atoms with Crippen LogP contribution in [0.3, 0.4) is 0 Å². The highest BCUT2D eigenvalue weighted by Gasteiger charge is 2.48. The number of para-hydroxylation sites is 2. The highest BCUT2D eigenvalue weighted by atomic mass is 16.5. The Bertz CT molecular complexity index is 2030. The molecule has 5 aromatic rings. The van der Waals surface area contributed by atoms with Gasteiger partial charge in [0.2, 0.25) is 17.7 Å². The molecule has 272 valence electrons. The van der Waals surface area contributed by atoms with E-state index in [-0.39, 0.29) is 31.2 Å². The van der Waals surface area contributed by atoms with Crippen LogP contribution in [-0.4, -0.2) is 90.6 Å². The predicted molar refractivity (Wildman–Crippen MR) is 207 cm³/mol. The number of amides is 3. The van der Waals surface area contributed by atoms with Crippen LogP contribution in [0.25, 0.3) is 10.8 Å². The number of hydrogen-bond donors (Lipinski definition) is 2. The number of β-amino-alcohol motifs (C(OH)–C–C–N with tert-alkyl or cyclic N) is 1. The molecule has 3 atom stereocenters. The summed E-state index contributed by atoms with van der Waals surface area (Å²) in [6.07, 6.45) is -0.536. The minimum atomic E-state index is -1.12. The third kappa shape index (κ3) is 7.35. The molecule has 53 heavy (non-hydrogen) atoms. The van der Waals surface area contributed by atoms with Gasteiger partial charge in [0.05, 0.1) is 24.3 Å². The molecule has 0 bridgehead atoms. The fourth-order valence-corrected chi connectivity index (χ4v) is 7.88. The monoisotopic (exact) mass is 710 g/mol. The van der Waals surface area contributed by atoms with Crippen LogP contribution in [0.1, 0.15) is 30.0 Å². The molecule has 0 spiro atoms. The summed E-state index contributed by atoms with van der Waals surface area (Å²) in [6, 6.07) is 39.2. The average molecular weight is 711 g/mol. The molecule has 0 radical (unpaired) electrons. The minimum absolute atomic E-state index is 0.0143. The molecule has 0 aliphatic carbocycles. The Hall–Kier alpha value is -5.67. The molecule has 2 saturated heterocycles. The average Bonchev–Trinajstić information content (AvgIpc) is 3.61. The Labute approximate surface area is 310 Å². The summed E-state index contributed by atoms with van der Waals surface area (Å²) in [7, 11) is 1.65. The fraction of sp³-hybridized carbons (Fsp3) is 0.295. The number of aliphatic hydroxyl groups excluding tert-OH is 1. The lowest BCUT2D eigenvalue weighted by Crippen LogP contribution is -2.58. The standard InChI is InChI=1S/C44H46N4O5/c1-44(34-15-5-3-6-16-34,35-17-7-4-8-18-35)43(52)48-30-36(49)29-39(48)41(50)45-37(28-31-21-22-32-13-9-10-14-33(32)27-31)42(51)47-25-23-46(24-26-47)38-19-11-12-20-40(38)53-2/h3-22,27,36-37,39,49H,23-26,28-30H2,1-2H3,(H,45,50)/t36-,37?,39?/m1/s1. The predicted octanol–water partition coefficient (Wildman–Crippen LogP) is 5.19. The lowest BCUT2D eigenvalue weighted by atomic mass is 9.75. The molecular formula is C44H46N4O5. The van der Waals surface area contributed by atoms with Gasteiger partial charge in [0.15, 0.2) is 0 Å². The molecule has 7 rings (SSSR count). The van der Waals surface area contributed by atoms with E-state index in [4.69, 9.17) is 4.74 Å². The third-order valence-corrected chi connectivity index (χ3v) is 10.9. The number of nitrogens with one attached hydrogen (secondary N) is 1. The van der Waals surface area contributed by atoms with Gasteiger partial charge in [-0.05, 0) is 46.5 Å². The van der Waals surface area contributed by atoms with E-state index in [0.717, 1.165) is 38.9 Å². The van der Waals surface area contributed by atoms with Crippen LogP contribution in [0.4, 0.5) is 5.69 Å². The third-order valence-electron chi connectivity index (χ3n) is 10.9. The van der Waals surface area contributed by atoms with Gasteiger partial charge in [0, 0.05) is 45.6 Å². The van der Waals surface area contributed by atoms with E-state index in [1.807, 2.05) is 133 Å². The number of carbonyl (C=O) groups excluding carboxylic acids is 3. The van der Waals surface area contributed by atoms with E-state index in [0.29, 0.717) is 26.2 Å². The van der Waals surface area contributed by atoms with Crippen LogP contribution in [0.15, 0.2) is 127 Å². The smallest absolute Gasteiger partial charge is 0.245 e. The normalized spacial score (nSPS) is 18.1. The van der Waals surface area contributed by atoms with E-state index in [2.05, 4.69) is 16.3 Å². The Kier molecular flexibility index (Phi) is 10.5. The molecule has 0 saturated carbocycles. The van der Waals surface area contributed by atoms with Crippen molar-refractivity contribution < 1.29 is 24.2 Å². The zero-order valence-corrected chi connectivity index (χ0v) is 30.2. The van der Waals surface area contributed by atoms with Crippen molar-refractivity contribution in [1.82, 2.24) is 15.1 Å². The van der Waals surface area contributed by atoms with Gasteiger partial charge in [-0.3, -0.25) is 14.4 Å². The van der Waals surface area contributed by atoms with Crippen molar-refractivity contribution in [2.75, 3.05) is 44.7 Å². The Morgan fingerprint density at radius 2 is 1.40 bits per heavy atom. The summed E-state index contributed by atoms with van der Waals surface area (Å²) >= 11 is 0. The number of methoxy groups -OCH3 is 1. The highest BCUT2D eigenvalue weighted by molar-refractivity contribution is 5.97. The van der Waals surface area contributed by atoms with Gasteiger partial charge in [-0.2, -0.15) is 0 Å². The molecule has 2 unspecified atom stereocenters.